The second kappa shape index (κ2) is 8.63. The number of rotatable bonds is 4. The van der Waals surface area contributed by atoms with Gasteiger partial charge in [0.2, 0.25) is 0 Å². The zero-order chi connectivity index (χ0) is 22.9. The molecule has 0 bridgehead atoms. The Hall–Kier alpha value is -3.00. The van der Waals surface area contributed by atoms with Crippen molar-refractivity contribution in [2.45, 2.75) is 39.3 Å². The van der Waals surface area contributed by atoms with Gasteiger partial charge in [-0.25, -0.2) is 13.6 Å². The molecular weight excluding hydrogens is 426 g/mol. The fourth-order valence-electron chi connectivity index (χ4n) is 3.11. The van der Waals surface area contributed by atoms with Crippen LogP contribution >= 0.6 is 11.6 Å². The van der Waals surface area contributed by atoms with Gasteiger partial charge < -0.3 is 10.1 Å². The zero-order valence-electron chi connectivity index (χ0n) is 17.8. The minimum Gasteiger partial charge on any atom is -0.444 e. The molecule has 0 spiro atoms. The van der Waals surface area contributed by atoms with Crippen LogP contribution in [0.4, 0.5) is 13.6 Å². The molecule has 0 saturated carbocycles. The fourth-order valence-corrected chi connectivity index (χ4v) is 3.32. The van der Waals surface area contributed by atoms with Crippen LogP contribution in [0.25, 0.3) is 22.3 Å². The van der Waals surface area contributed by atoms with E-state index in [4.69, 9.17) is 16.3 Å². The Kier molecular flexibility index (Phi) is 6.31. The van der Waals surface area contributed by atoms with Gasteiger partial charge in [0.1, 0.15) is 17.2 Å². The first-order valence-corrected chi connectivity index (χ1v) is 9.96. The maximum Gasteiger partial charge on any atom is 0.408 e. The molecule has 6 nitrogen and oxygen atoms in total. The molecule has 164 valence electrons. The maximum absolute atomic E-state index is 14.9. The van der Waals surface area contributed by atoms with Crippen LogP contribution in [0.1, 0.15) is 39.4 Å². The summed E-state index contributed by atoms with van der Waals surface area (Å²) in [6.07, 6.45) is 3.90. The van der Waals surface area contributed by atoms with E-state index in [2.05, 4.69) is 15.4 Å². The van der Waals surface area contributed by atoms with Gasteiger partial charge in [-0.15, -0.1) is 0 Å². The third-order valence-corrected chi connectivity index (χ3v) is 4.59. The molecule has 31 heavy (non-hydrogen) atoms. The summed E-state index contributed by atoms with van der Waals surface area (Å²) in [5.74, 6) is -1.21. The monoisotopic (exact) mass is 448 g/mol. The molecule has 2 heterocycles. The number of hydrogen-bond acceptors (Lipinski definition) is 4. The molecule has 1 atom stereocenters. The number of benzene rings is 1. The van der Waals surface area contributed by atoms with Gasteiger partial charge in [-0.3, -0.25) is 9.67 Å². The van der Waals surface area contributed by atoms with Crippen molar-refractivity contribution >= 4 is 17.7 Å². The standard InChI is InChI=1S/C22H23ClF2N4O2/c1-12(28-21(30)31-22(2,3)4)20-18(25)6-13(9-26-20)16-7-15(23)8-17(24)19(16)14-10-27-29(5)11-14/h6-12H,1-5H3,(H,28,30)/t12-/m1/s1. The smallest absolute Gasteiger partial charge is 0.408 e. The SMILES string of the molecule is C[C@@H](NC(=O)OC(C)(C)C)c1ncc(-c2cc(Cl)cc(F)c2-c2cnn(C)c2)cc1F. The molecule has 0 unspecified atom stereocenters. The molecule has 0 aliphatic carbocycles. The molecule has 0 aliphatic rings. The summed E-state index contributed by atoms with van der Waals surface area (Å²) < 4.78 is 36.4. The van der Waals surface area contributed by atoms with Gasteiger partial charge in [-0.1, -0.05) is 11.6 Å². The largest absolute Gasteiger partial charge is 0.444 e. The van der Waals surface area contributed by atoms with Crippen LogP contribution in [-0.4, -0.2) is 26.5 Å². The lowest BCUT2D eigenvalue weighted by atomic mass is 9.96. The van der Waals surface area contributed by atoms with E-state index >= 15 is 0 Å². The number of carbonyl (C=O) groups is 1. The van der Waals surface area contributed by atoms with Crippen molar-refractivity contribution in [2.75, 3.05) is 0 Å². The van der Waals surface area contributed by atoms with E-state index in [0.29, 0.717) is 16.7 Å². The van der Waals surface area contributed by atoms with E-state index in [9.17, 15) is 13.6 Å². The number of pyridine rings is 1. The zero-order valence-corrected chi connectivity index (χ0v) is 18.6. The Morgan fingerprint density at radius 3 is 2.45 bits per heavy atom. The highest BCUT2D eigenvalue weighted by Crippen LogP contribution is 2.37. The first-order chi connectivity index (χ1) is 14.4. The third kappa shape index (κ3) is 5.38. The number of nitrogens with zero attached hydrogens (tertiary/aromatic N) is 3. The minimum atomic E-state index is -0.738. The first-order valence-electron chi connectivity index (χ1n) is 9.58. The van der Waals surface area contributed by atoms with Crippen LogP contribution in [0, 0.1) is 11.6 Å². The Morgan fingerprint density at radius 1 is 1.16 bits per heavy atom. The van der Waals surface area contributed by atoms with Crippen molar-refractivity contribution in [3.8, 4) is 22.3 Å². The molecule has 3 aromatic rings. The van der Waals surface area contributed by atoms with E-state index in [-0.39, 0.29) is 16.3 Å². The van der Waals surface area contributed by atoms with E-state index in [0.717, 1.165) is 0 Å². The number of amides is 1. The van der Waals surface area contributed by atoms with Crippen LogP contribution in [0.15, 0.2) is 36.8 Å². The molecule has 1 aromatic carbocycles. The van der Waals surface area contributed by atoms with Gasteiger partial charge in [0.25, 0.3) is 0 Å². The lowest BCUT2D eigenvalue weighted by Gasteiger charge is -2.22. The molecule has 0 radical (unpaired) electrons. The Bertz CT molecular complexity index is 1130. The van der Waals surface area contributed by atoms with Gasteiger partial charge >= 0.3 is 6.09 Å². The number of carbonyl (C=O) groups excluding carboxylic acids is 1. The number of aryl methyl sites for hydroxylation is 1. The van der Waals surface area contributed by atoms with E-state index in [1.165, 1.54) is 24.5 Å². The van der Waals surface area contributed by atoms with Gasteiger partial charge in [-0.2, -0.15) is 5.10 Å². The predicted molar refractivity (Wildman–Crippen MR) is 115 cm³/mol. The van der Waals surface area contributed by atoms with Crippen molar-refractivity contribution in [1.29, 1.82) is 0 Å². The molecule has 0 saturated heterocycles. The van der Waals surface area contributed by atoms with Crippen molar-refractivity contribution in [3.63, 3.8) is 0 Å². The van der Waals surface area contributed by atoms with Gasteiger partial charge in [0.05, 0.1) is 17.9 Å². The number of nitrogens with one attached hydrogen (secondary N) is 1. The predicted octanol–water partition coefficient (Wildman–Crippen LogP) is 5.67. The van der Waals surface area contributed by atoms with Crippen LogP contribution in [-0.2, 0) is 11.8 Å². The maximum atomic E-state index is 14.9. The molecule has 0 fully saturated rings. The second-order valence-corrected chi connectivity index (χ2v) is 8.61. The summed E-state index contributed by atoms with van der Waals surface area (Å²) in [6, 6.07) is 3.24. The number of alkyl carbamates (subject to hydrolysis) is 1. The lowest BCUT2D eigenvalue weighted by Crippen LogP contribution is -2.34. The van der Waals surface area contributed by atoms with Gasteiger partial charge in [-0.05, 0) is 51.5 Å². The average Bonchev–Trinajstić information content (AvgIpc) is 3.04. The molecule has 1 amide bonds. The molecular formula is C22H23ClF2N4O2. The highest BCUT2D eigenvalue weighted by atomic mass is 35.5. The van der Waals surface area contributed by atoms with Crippen molar-refractivity contribution in [2.24, 2.45) is 7.05 Å². The van der Waals surface area contributed by atoms with Crippen LogP contribution in [0.5, 0.6) is 0 Å². The van der Waals surface area contributed by atoms with E-state index in [1.807, 2.05) is 0 Å². The number of halogens is 3. The fraction of sp³-hybridized carbons (Fsp3) is 0.318. The highest BCUT2D eigenvalue weighted by molar-refractivity contribution is 6.31. The summed E-state index contributed by atoms with van der Waals surface area (Å²) in [6.45, 7) is 6.79. The molecule has 3 rings (SSSR count). The molecule has 9 heteroatoms. The summed E-state index contributed by atoms with van der Waals surface area (Å²) in [7, 11) is 1.71. The first kappa shape index (κ1) is 22.7. The van der Waals surface area contributed by atoms with Crippen LogP contribution in [0.2, 0.25) is 5.02 Å². The Morgan fingerprint density at radius 2 is 1.87 bits per heavy atom. The van der Waals surface area contributed by atoms with Crippen molar-refractivity contribution in [3.05, 3.63) is 59.1 Å². The van der Waals surface area contributed by atoms with Crippen LogP contribution < -0.4 is 5.32 Å². The van der Waals surface area contributed by atoms with Crippen molar-refractivity contribution < 1.29 is 18.3 Å². The van der Waals surface area contributed by atoms with Gasteiger partial charge in [0, 0.05) is 41.2 Å². The summed E-state index contributed by atoms with van der Waals surface area (Å²) in [5, 5.41) is 6.80. The third-order valence-electron chi connectivity index (χ3n) is 4.37. The van der Waals surface area contributed by atoms with E-state index < -0.39 is 29.4 Å². The second-order valence-electron chi connectivity index (χ2n) is 8.17. The average molecular weight is 449 g/mol. The Labute approximate surface area is 184 Å². The van der Waals surface area contributed by atoms with Crippen LogP contribution in [0.3, 0.4) is 0 Å². The topological polar surface area (TPSA) is 69.0 Å². The molecule has 0 aliphatic heterocycles. The summed E-state index contributed by atoms with van der Waals surface area (Å²) in [4.78, 5) is 16.1. The molecule has 2 aromatic heterocycles. The lowest BCUT2D eigenvalue weighted by molar-refractivity contribution is 0.0506. The normalized spacial score (nSPS) is 12.5. The summed E-state index contributed by atoms with van der Waals surface area (Å²) >= 11 is 6.06. The Balaban J connectivity index is 1.96. The van der Waals surface area contributed by atoms with Gasteiger partial charge in [0.15, 0.2) is 0 Å². The van der Waals surface area contributed by atoms with E-state index in [1.54, 1.807) is 51.7 Å². The van der Waals surface area contributed by atoms with Crippen molar-refractivity contribution in [1.82, 2.24) is 20.1 Å². The highest BCUT2D eigenvalue weighted by Gasteiger charge is 2.22. The summed E-state index contributed by atoms with van der Waals surface area (Å²) in [5.41, 5.74) is 0.830. The number of aromatic nitrogens is 3. The number of hydrogen-bond donors (Lipinski definition) is 1. The minimum absolute atomic E-state index is 0.0278. The molecule has 1 N–H and O–H groups in total. The number of ether oxygens (including phenoxy) is 1. The quantitative estimate of drug-likeness (QED) is 0.558.